The summed E-state index contributed by atoms with van der Waals surface area (Å²) < 4.78 is 10.6. The zero-order valence-electron chi connectivity index (χ0n) is 11.5. The van der Waals surface area contributed by atoms with Gasteiger partial charge < -0.3 is 14.4 Å². The quantitative estimate of drug-likeness (QED) is 0.468. The minimum atomic E-state index is -0.458. The van der Waals surface area contributed by atoms with Crippen LogP contribution in [-0.2, 0) is 9.47 Å². The van der Waals surface area contributed by atoms with Gasteiger partial charge in [0, 0.05) is 33.4 Å². The van der Waals surface area contributed by atoms with E-state index in [4.69, 9.17) is 9.47 Å². The number of rotatable bonds is 5. The number of ether oxygens (including phenoxy) is 2. The van der Waals surface area contributed by atoms with E-state index in [0.29, 0.717) is 23.0 Å². The maximum Gasteiger partial charge on any atom is 0.304 e. The van der Waals surface area contributed by atoms with Gasteiger partial charge in [-0.1, -0.05) is 0 Å². The van der Waals surface area contributed by atoms with Crippen molar-refractivity contribution >= 4 is 27.8 Å². The van der Waals surface area contributed by atoms with Crippen molar-refractivity contribution < 1.29 is 19.2 Å². The van der Waals surface area contributed by atoms with E-state index in [-0.39, 0.29) is 23.7 Å². The first-order valence-corrected chi connectivity index (χ1v) is 6.89. The summed E-state index contributed by atoms with van der Waals surface area (Å²) in [5, 5.41) is 11.6. The van der Waals surface area contributed by atoms with E-state index in [1.807, 2.05) is 4.90 Å². The molecule has 7 nitrogen and oxygen atoms in total. The molecule has 20 heavy (non-hydrogen) atoms. The largest absolute Gasteiger partial charge is 0.377 e. The van der Waals surface area contributed by atoms with Gasteiger partial charge in [-0.2, -0.15) is 0 Å². The highest BCUT2D eigenvalue weighted by Gasteiger charge is 2.37. The van der Waals surface area contributed by atoms with E-state index in [0.717, 1.165) is 11.3 Å². The van der Waals surface area contributed by atoms with Crippen molar-refractivity contribution in [3.8, 4) is 0 Å². The normalized spacial score (nSPS) is 22.2. The summed E-state index contributed by atoms with van der Waals surface area (Å²) in [4.78, 5) is 24.3. The second-order valence-electron chi connectivity index (χ2n) is 4.57. The molecule has 0 aliphatic carbocycles. The van der Waals surface area contributed by atoms with Gasteiger partial charge in [0.15, 0.2) is 10.8 Å². The fourth-order valence-electron chi connectivity index (χ4n) is 2.27. The van der Waals surface area contributed by atoms with Crippen LogP contribution in [0, 0.1) is 10.1 Å². The molecule has 0 radical (unpaired) electrons. The molecular formula is C12H16N2O5S. The van der Waals surface area contributed by atoms with E-state index in [9.17, 15) is 14.9 Å². The van der Waals surface area contributed by atoms with Crippen LogP contribution in [0.1, 0.15) is 16.6 Å². The van der Waals surface area contributed by atoms with Crippen LogP contribution in [0.2, 0.25) is 0 Å². The summed E-state index contributed by atoms with van der Waals surface area (Å²) in [5.41, 5.74) is -0.0354. The molecule has 1 saturated heterocycles. The Hall–Kier alpha value is -1.51. The molecule has 0 bridgehead atoms. The number of methoxy groups -OCH3 is 2. The standard InChI is InChI=1S/C12H16N2O5S/c1-7(15)11-4-8(14(16)17)12(20-11)13-5-9(18-2)10(6-13)19-3/h4,9-10H,5-6H2,1-3H3. The zero-order chi connectivity index (χ0) is 14.9. The van der Waals surface area contributed by atoms with Crippen molar-refractivity contribution in [2.75, 3.05) is 32.2 Å². The summed E-state index contributed by atoms with van der Waals surface area (Å²) in [6.45, 7) is 2.42. The average molecular weight is 300 g/mol. The molecule has 2 unspecified atom stereocenters. The number of anilines is 1. The number of hydrogen-bond donors (Lipinski definition) is 0. The Morgan fingerprint density at radius 2 is 1.95 bits per heavy atom. The maximum atomic E-state index is 11.4. The second-order valence-corrected chi connectivity index (χ2v) is 5.60. The maximum absolute atomic E-state index is 11.4. The summed E-state index contributed by atoms with van der Waals surface area (Å²) in [6, 6.07) is 1.34. The number of nitro groups is 1. The molecule has 1 fully saturated rings. The fourth-order valence-corrected chi connectivity index (χ4v) is 3.30. The highest BCUT2D eigenvalue weighted by molar-refractivity contribution is 7.18. The molecule has 0 spiro atoms. The number of nitrogens with zero attached hydrogens (tertiary/aromatic N) is 2. The number of hydrogen-bond acceptors (Lipinski definition) is 7. The van der Waals surface area contributed by atoms with E-state index < -0.39 is 4.92 Å². The topological polar surface area (TPSA) is 81.9 Å². The third kappa shape index (κ3) is 2.67. The number of ketones is 1. The van der Waals surface area contributed by atoms with Gasteiger partial charge in [-0.15, -0.1) is 11.3 Å². The molecule has 0 amide bonds. The van der Waals surface area contributed by atoms with Crippen molar-refractivity contribution in [2.45, 2.75) is 19.1 Å². The van der Waals surface area contributed by atoms with Crippen LogP contribution in [0.4, 0.5) is 10.7 Å². The first kappa shape index (κ1) is 14.9. The minimum absolute atomic E-state index is 0.0354. The molecule has 110 valence electrons. The molecule has 0 N–H and O–H groups in total. The lowest BCUT2D eigenvalue weighted by molar-refractivity contribution is -0.383. The third-order valence-corrected chi connectivity index (χ3v) is 4.63. The van der Waals surface area contributed by atoms with Crippen LogP contribution in [0.3, 0.4) is 0 Å². The Morgan fingerprint density at radius 1 is 1.40 bits per heavy atom. The SMILES string of the molecule is COC1CN(c2sc(C(C)=O)cc2[N+](=O)[O-])CC1OC. The second kappa shape index (κ2) is 5.86. The highest BCUT2D eigenvalue weighted by atomic mass is 32.1. The Bertz CT molecular complexity index is 518. The van der Waals surface area contributed by atoms with Gasteiger partial charge in [0.25, 0.3) is 0 Å². The lowest BCUT2D eigenvalue weighted by Gasteiger charge is -2.14. The number of carbonyl (C=O) groups is 1. The first-order valence-electron chi connectivity index (χ1n) is 6.07. The molecule has 1 aromatic heterocycles. The monoisotopic (exact) mass is 300 g/mol. The Morgan fingerprint density at radius 3 is 2.35 bits per heavy atom. The average Bonchev–Trinajstić information content (AvgIpc) is 3.01. The van der Waals surface area contributed by atoms with Crippen LogP contribution in [-0.4, -0.2) is 50.2 Å². The van der Waals surface area contributed by atoms with Crippen LogP contribution in [0.5, 0.6) is 0 Å². The Kier molecular flexibility index (Phi) is 4.36. The predicted molar refractivity (Wildman–Crippen MR) is 74.8 cm³/mol. The Balaban J connectivity index is 2.33. The van der Waals surface area contributed by atoms with Crippen molar-refractivity contribution in [3.05, 3.63) is 21.1 Å². The smallest absolute Gasteiger partial charge is 0.304 e. The highest BCUT2D eigenvalue weighted by Crippen LogP contribution is 2.39. The number of thiophene rings is 1. The molecule has 2 heterocycles. The lowest BCUT2D eigenvalue weighted by Crippen LogP contribution is -2.27. The van der Waals surface area contributed by atoms with Gasteiger partial charge in [-0.25, -0.2) is 0 Å². The van der Waals surface area contributed by atoms with Gasteiger partial charge >= 0.3 is 5.69 Å². The van der Waals surface area contributed by atoms with Crippen molar-refractivity contribution in [2.24, 2.45) is 0 Å². The molecule has 1 aromatic rings. The van der Waals surface area contributed by atoms with E-state index in [1.54, 1.807) is 14.2 Å². The van der Waals surface area contributed by atoms with E-state index in [2.05, 4.69) is 0 Å². The van der Waals surface area contributed by atoms with Crippen molar-refractivity contribution in [1.29, 1.82) is 0 Å². The van der Waals surface area contributed by atoms with Crippen molar-refractivity contribution in [1.82, 2.24) is 0 Å². The van der Waals surface area contributed by atoms with Gasteiger partial charge in [0.2, 0.25) is 0 Å². The summed E-state index contributed by atoms with van der Waals surface area (Å²) in [5.74, 6) is -0.171. The number of Topliss-reactive ketones (excluding diaryl/α,β-unsaturated/α-hetero) is 1. The molecular weight excluding hydrogens is 284 g/mol. The van der Waals surface area contributed by atoms with Gasteiger partial charge in [0.1, 0.15) is 12.2 Å². The first-order chi connectivity index (χ1) is 9.47. The van der Waals surface area contributed by atoms with Crippen molar-refractivity contribution in [3.63, 3.8) is 0 Å². The molecule has 0 aromatic carbocycles. The van der Waals surface area contributed by atoms with Crippen LogP contribution < -0.4 is 4.90 Å². The van der Waals surface area contributed by atoms with Crippen LogP contribution in [0.15, 0.2) is 6.07 Å². The van der Waals surface area contributed by atoms with Gasteiger partial charge in [-0.3, -0.25) is 14.9 Å². The van der Waals surface area contributed by atoms with Gasteiger partial charge in [0.05, 0.1) is 9.80 Å². The lowest BCUT2D eigenvalue weighted by atomic mass is 10.3. The Labute approximate surface area is 120 Å². The summed E-state index contributed by atoms with van der Waals surface area (Å²) in [7, 11) is 3.17. The predicted octanol–water partition coefficient (Wildman–Crippen LogP) is 1.71. The third-order valence-electron chi connectivity index (χ3n) is 3.35. The summed E-state index contributed by atoms with van der Waals surface area (Å²) >= 11 is 1.14. The fraction of sp³-hybridized carbons (Fsp3) is 0.583. The molecule has 2 rings (SSSR count). The van der Waals surface area contributed by atoms with Gasteiger partial charge in [-0.05, 0) is 6.92 Å². The van der Waals surface area contributed by atoms with E-state index in [1.165, 1.54) is 13.0 Å². The molecule has 1 aliphatic heterocycles. The summed E-state index contributed by atoms with van der Waals surface area (Å²) in [6.07, 6.45) is -0.273. The van der Waals surface area contributed by atoms with Crippen LogP contribution >= 0.6 is 11.3 Å². The molecule has 2 atom stereocenters. The zero-order valence-corrected chi connectivity index (χ0v) is 12.3. The minimum Gasteiger partial charge on any atom is -0.377 e. The molecule has 8 heteroatoms. The van der Waals surface area contributed by atoms with Crippen LogP contribution in [0.25, 0.3) is 0 Å². The number of carbonyl (C=O) groups excluding carboxylic acids is 1. The van der Waals surface area contributed by atoms with E-state index >= 15 is 0 Å². The molecule has 1 aliphatic rings. The molecule has 0 saturated carbocycles.